The Morgan fingerprint density at radius 1 is 1.35 bits per heavy atom. The lowest BCUT2D eigenvalue weighted by Crippen LogP contribution is -2.33. The maximum atomic E-state index is 12.3. The highest BCUT2D eigenvalue weighted by Crippen LogP contribution is 2.29. The number of carbonyl (C=O) groups excluding carboxylic acids is 1. The maximum absolute atomic E-state index is 12.3. The molecule has 0 radical (unpaired) electrons. The topological polar surface area (TPSA) is 55.1 Å². The van der Waals surface area contributed by atoms with Gasteiger partial charge in [-0.3, -0.25) is 9.78 Å². The quantitative estimate of drug-likeness (QED) is 0.744. The van der Waals surface area contributed by atoms with Crippen LogP contribution in [0.1, 0.15) is 22.4 Å². The first kappa shape index (κ1) is 15.8. The standard InChI is InChI=1S/C17H15ClN2O2S/c1-11(8-12-9-19-10-23-12)20-17(21)16-7-6-15(22-16)13-4-2-3-5-14(13)18/h2-7,9-11H,8H2,1H3,(H,20,21)/t11-/m0/s1. The van der Waals surface area contributed by atoms with Gasteiger partial charge in [0.05, 0.1) is 10.5 Å². The van der Waals surface area contributed by atoms with Crippen molar-refractivity contribution in [3.05, 3.63) is 63.8 Å². The molecule has 0 aliphatic rings. The molecule has 1 amide bonds. The van der Waals surface area contributed by atoms with Crippen molar-refractivity contribution >= 4 is 28.8 Å². The van der Waals surface area contributed by atoms with Crippen molar-refractivity contribution < 1.29 is 9.21 Å². The molecule has 0 saturated heterocycles. The van der Waals surface area contributed by atoms with Gasteiger partial charge in [0.25, 0.3) is 5.91 Å². The Morgan fingerprint density at radius 2 is 2.17 bits per heavy atom. The monoisotopic (exact) mass is 346 g/mol. The SMILES string of the molecule is C[C@@H](Cc1cncs1)NC(=O)c1ccc(-c2ccccc2Cl)o1. The lowest BCUT2D eigenvalue weighted by molar-refractivity contribution is 0.0913. The fourth-order valence-corrected chi connectivity index (χ4v) is 3.21. The Hall–Kier alpha value is -2.11. The molecule has 1 N–H and O–H groups in total. The molecule has 0 unspecified atom stereocenters. The summed E-state index contributed by atoms with van der Waals surface area (Å²) in [6, 6.07) is 10.8. The minimum Gasteiger partial charge on any atom is -0.451 e. The number of halogens is 1. The highest BCUT2D eigenvalue weighted by molar-refractivity contribution is 7.09. The lowest BCUT2D eigenvalue weighted by Gasteiger charge is -2.11. The second-order valence-electron chi connectivity index (χ2n) is 5.19. The summed E-state index contributed by atoms with van der Waals surface area (Å²) in [7, 11) is 0. The van der Waals surface area contributed by atoms with Crippen LogP contribution in [0.2, 0.25) is 5.02 Å². The predicted octanol–water partition coefficient (Wildman–Crippen LogP) is 4.42. The van der Waals surface area contributed by atoms with Crippen molar-refractivity contribution in [1.29, 1.82) is 0 Å². The zero-order chi connectivity index (χ0) is 16.2. The lowest BCUT2D eigenvalue weighted by atomic mass is 10.2. The maximum Gasteiger partial charge on any atom is 0.287 e. The first-order chi connectivity index (χ1) is 11.1. The van der Waals surface area contributed by atoms with Crippen LogP contribution in [0.25, 0.3) is 11.3 Å². The van der Waals surface area contributed by atoms with Gasteiger partial charge in [0.2, 0.25) is 0 Å². The molecule has 0 fully saturated rings. The van der Waals surface area contributed by atoms with Crippen molar-refractivity contribution in [3.63, 3.8) is 0 Å². The Balaban J connectivity index is 1.68. The number of hydrogen-bond acceptors (Lipinski definition) is 4. The minimum absolute atomic E-state index is 0.00295. The molecule has 4 nitrogen and oxygen atoms in total. The molecule has 1 aromatic carbocycles. The number of aromatic nitrogens is 1. The fourth-order valence-electron chi connectivity index (χ4n) is 2.26. The fraction of sp³-hybridized carbons (Fsp3) is 0.176. The van der Waals surface area contributed by atoms with Crippen molar-refractivity contribution in [2.75, 3.05) is 0 Å². The van der Waals surface area contributed by atoms with E-state index in [0.29, 0.717) is 10.8 Å². The normalized spacial score (nSPS) is 12.1. The number of benzene rings is 1. The van der Waals surface area contributed by atoms with Gasteiger partial charge in [0.15, 0.2) is 5.76 Å². The summed E-state index contributed by atoms with van der Waals surface area (Å²) in [6.07, 6.45) is 2.56. The van der Waals surface area contributed by atoms with Crippen LogP contribution in [-0.2, 0) is 6.42 Å². The summed E-state index contributed by atoms with van der Waals surface area (Å²) in [4.78, 5) is 17.4. The number of thiazole rings is 1. The summed E-state index contributed by atoms with van der Waals surface area (Å²) in [5.41, 5.74) is 2.55. The molecular weight excluding hydrogens is 332 g/mol. The van der Waals surface area contributed by atoms with E-state index >= 15 is 0 Å². The van der Waals surface area contributed by atoms with Gasteiger partial charge < -0.3 is 9.73 Å². The Bertz CT molecular complexity index is 799. The average molecular weight is 347 g/mol. The van der Waals surface area contributed by atoms with Crippen LogP contribution < -0.4 is 5.32 Å². The summed E-state index contributed by atoms with van der Waals surface area (Å²) >= 11 is 7.72. The molecule has 0 aliphatic carbocycles. The number of carbonyl (C=O) groups is 1. The Morgan fingerprint density at radius 3 is 2.91 bits per heavy atom. The van der Waals surface area contributed by atoms with E-state index in [1.54, 1.807) is 35.0 Å². The van der Waals surface area contributed by atoms with Gasteiger partial charge >= 0.3 is 0 Å². The molecule has 6 heteroatoms. The van der Waals surface area contributed by atoms with E-state index in [0.717, 1.165) is 16.9 Å². The molecule has 0 spiro atoms. The number of nitrogens with zero attached hydrogens (tertiary/aromatic N) is 1. The third-order valence-corrected chi connectivity index (χ3v) is 4.47. The first-order valence-electron chi connectivity index (χ1n) is 7.16. The molecule has 0 saturated carbocycles. The van der Waals surface area contributed by atoms with Crippen LogP contribution in [0.15, 0.2) is 52.5 Å². The third-order valence-electron chi connectivity index (χ3n) is 3.34. The van der Waals surface area contributed by atoms with Gasteiger partial charge in [-0.05, 0) is 31.2 Å². The largest absolute Gasteiger partial charge is 0.451 e. The van der Waals surface area contributed by atoms with Crippen LogP contribution in [0.3, 0.4) is 0 Å². The van der Waals surface area contributed by atoms with E-state index in [9.17, 15) is 4.79 Å². The molecule has 0 bridgehead atoms. The highest BCUT2D eigenvalue weighted by atomic mass is 35.5. The van der Waals surface area contributed by atoms with Gasteiger partial charge in [0, 0.05) is 29.1 Å². The number of amides is 1. The molecule has 2 heterocycles. The predicted molar refractivity (Wildman–Crippen MR) is 91.9 cm³/mol. The van der Waals surface area contributed by atoms with Crippen LogP contribution in [-0.4, -0.2) is 16.9 Å². The van der Waals surface area contributed by atoms with Gasteiger partial charge in [-0.2, -0.15) is 0 Å². The van der Waals surface area contributed by atoms with Crippen molar-refractivity contribution in [3.8, 4) is 11.3 Å². The highest BCUT2D eigenvalue weighted by Gasteiger charge is 2.16. The van der Waals surface area contributed by atoms with E-state index in [1.807, 2.05) is 31.3 Å². The van der Waals surface area contributed by atoms with Crippen LogP contribution in [0.4, 0.5) is 0 Å². The van der Waals surface area contributed by atoms with Crippen LogP contribution in [0.5, 0.6) is 0 Å². The van der Waals surface area contributed by atoms with Crippen LogP contribution >= 0.6 is 22.9 Å². The molecule has 23 heavy (non-hydrogen) atoms. The van der Waals surface area contributed by atoms with Gasteiger partial charge in [-0.15, -0.1) is 11.3 Å². The number of nitrogens with one attached hydrogen (secondary N) is 1. The summed E-state index contributed by atoms with van der Waals surface area (Å²) < 4.78 is 5.64. The van der Waals surface area contributed by atoms with E-state index < -0.39 is 0 Å². The number of furan rings is 1. The average Bonchev–Trinajstić information content (AvgIpc) is 3.19. The van der Waals surface area contributed by atoms with Crippen molar-refractivity contribution in [2.45, 2.75) is 19.4 Å². The third kappa shape index (κ3) is 3.81. The van der Waals surface area contributed by atoms with E-state index in [2.05, 4.69) is 10.3 Å². The first-order valence-corrected chi connectivity index (χ1v) is 8.42. The Labute approximate surface area is 143 Å². The zero-order valence-corrected chi connectivity index (χ0v) is 14.0. The summed E-state index contributed by atoms with van der Waals surface area (Å²) in [6.45, 7) is 1.95. The smallest absolute Gasteiger partial charge is 0.287 e. The van der Waals surface area contributed by atoms with Crippen molar-refractivity contribution in [1.82, 2.24) is 10.3 Å². The Kier molecular flexibility index (Phi) is 4.79. The second kappa shape index (κ2) is 6.98. The number of hydrogen-bond donors (Lipinski definition) is 1. The molecular formula is C17H15ClN2O2S. The minimum atomic E-state index is -0.236. The number of rotatable bonds is 5. The summed E-state index contributed by atoms with van der Waals surface area (Å²) in [5, 5.41) is 3.52. The molecule has 3 aromatic rings. The molecule has 118 valence electrons. The van der Waals surface area contributed by atoms with E-state index in [1.165, 1.54) is 0 Å². The molecule has 1 atom stereocenters. The van der Waals surface area contributed by atoms with E-state index in [4.69, 9.17) is 16.0 Å². The van der Waals surface area contributed by atoms with Crippen LogP contribution in [0, 0.1) is 0 Å². The van der Waals surface area contributed by atoms with E-state index in [-0.39, 0.29) is 17.7 Å². The zero-order valence-electron chi connectivity index (χ0n) is 12.5. The second-order valence-corrected chi connectivity index (χ2v) is 6.57. The molecule has 3 rings (SSSR count). The molecule has 2 aromatic heterocycles. The van der Waals surface area contributed by atoms with Crippen molar-refractivity contribution in [2.24, 2.45) is 0 Å². The molecule has 0 aliphatic heterocycles. The summed E-state index contributed by atoms with van der Waals surface area (Å²) in [5.74, 6) is 0.618. The van der Waals surface area contributed by atoms with Gasteiger partial charge in [0.1, 0.15) is 5.76 Å². The van der Waals surface area contributed by atoms with Gasteiger partial charge in [-0.1, -0.05) is 23.7 Å². The van der Waals surface area contributed by atoms with Gasteiger partial charge in [-0.25, -0.2) is 0 Å².